The molecule has 0 unspecified atom stereocenters. The average molecular weight is 300 g/mol. The first kappa shape index (κ1) is 15.0. The molecule has 5 nitrogen and oxygen atoms in total. The van der Waals surface area contributed by atoms with Gasteiger partial charge in [-0.3, -0.25) is 0 Å². The average Bonchev–Trinajstić information content (AvgIpc) is 2.94. The topological polar surface area (TPSA) is 68.2 Å². The van der Waals surface area contributed by atoms with Crippen molar-refractivity contribution in [3.63, 3.8) is 0 Å². The molecule has 1 aromatic carbocycles. The zero-order valence-corrected chi connectivity index (χ0v) is 13.5. The van der Waals surface area contributed by atoms with E-state index in [1.165, 1.54) is 5.69 Å². The van der Waals surface area contributed by atoms with E-state index >= 15 is 0 Å². The largest absolute Gasteiger partial charge is 0.374 e. The number of anilines is 1. The van der Waals surface area contributed by atoms with E-state index in [0.717, 1.165) is 31.4 Å². The van der Waals surface area contributed by atoms with E-state index in [4.69, 9.17) is 10.3 Å². The van der Waals surface area contributed by atoms with Crippen LogP contribution in [-0.4, -0.2) is 23.7 Å². The van der Waals surface area contributed by atoms with Gasteiger partial charge in [0, 0.05) is 24.8 Å². The Morgan fingerprint density at radius 1 is 1.27 bits per heavy atom. The molecule has 0 aliphatic heterocycles. The van der Waals surface area contributed by atoms with Gasteiger partial charge in [0.15, 0.2) is 5.82 Å². The Morgan fingerprint density at radius 3 is 2.50 bits per heavy atom. The van der Waals surface area contributed by atoms with Crippen LogP contribution >= 0.6 is 0 Å². The predicted molar refractivity (Wildman–Crippen MR) is 87.6 cm³/mol. The third-order valence-corrected chi connectivity index (χ3v) is 4.31. The molecule has 5 heteroatoms. The molecular formula is C17H24N4O. The van der Waals surface area contributed by atoms with Gasteiger partial charge in [0.2, 0.25) is 0 Å². The third-order valence-electron chi connectivity index (χ3n) is 4.31. The molecule has 1 heterocycles. The molecule has 1 aliphatic rings. The molecule has 0 radical (unpaired) electrons. The quantitative estimate of drug-likeness (QED) is 0.918. The summed E-state index contributed by atoms with van der Waals surface area (Å²) in [4.78, 5) is 6.73. The number of aromatic nitrogens is 2. The summed E-state index contributed by atoms with van der Waals surface area (Å²) in [7, 11) is 2.11. The molecular weight excluding hydrogens is 276 g/mol. The highest BCUT2D eigenvalue weighted by Gasteiger charge is 2.39. The molecule has 1 aliphatic carbocycles. The maximum absolute atomic E-state index is 6.23. The smallest absolute Gasteiger partial charge is 0.257 e. The molecule has 22 heavy (non-hydrogen) atoms. The highest BCUT2D eigenvalue weighted by Crippen LogP contribution is 2.37. The number of rotatable bonds is 5. The molecule has 118 valence electrons. The van der Waals surface area contributed by atoms with Gasteiger partial charge in [-0.2, -0.15) is 4.98 Å². The summed E-state index contributed by atoms with van der Waals surface area (Å²) in [5, 5.41) is 4.06. The van der Waals surface area contributed by atoms with Crippen LogP contribution in [0, 0.1) is 5.92 Å². The van der Waals surface area contributed by atoms with Crippen LogP contribution in [0.5, 0.6) is 0 Å². The summed E-state index contributed by atoms with van der Waals surface area (Å²) in [5.41, 5.74) is 7.98. The summed E-state index contributed by atoms with van der Waals surface area (Å²) in [6.45, 7) is 5.46. The molecule has 1 aromatic heterocycles. The standard InChI is InChI=1S/C17H24N4O/c1-12(2)11-21(3)14-7-5-13(6-8-14)15-19-16(20-22-15)17(18)9-4-10-17/h5-8,12H,4,9-11,18H2,1-3H3. The van der Waals surface area contributed by atoms with Crippen LogP contribution in [0.1, 0.15) is 38.9 Å². The Morgan fingerprint density at radius 2 is 1.95 bits per heavy atom. The zero-order valence-electron chi connectivity index (χ0n) is 13.5. The van der Waals surface area contributed by atoms with E-state index < -0.39 is 0 Å². The van der Waals surface area contributed by atoms with E-state index in [2.05, 4.69) is 48.1 Å². The van der Waals surface area contributed by atoms with Crippen LogP contribution in [0.2, 0.25) is 0 Å². The van der Waals surface area contributed by atoms with Gasteiger partial charge in [0.25, 0.3) is 5.89 Å². The number of benzene rings is 1. The minimum atomic E-state index is -0.376. The van der Waals surface area contributed by atoms with Crippen molar-refractivity contribution in [1.29, 1.82) is 0 Å². The molecule has 2 aromatic rings. The monoisotopic (exact) mass is 300 g/mol. The van der Waals surface area contributed by atoms with Crippen molar-refractivity contribution in [2.45, 2.75) is 38.6 Å². The van der Waals surface area contributed by atoms with Crippen LogP contribution in [0.3, 0.4) is 0 Å². The Kier molecular flexibility index (Phi) is 3.91. The van der Waals surface area contributed by atoms with E-state index in [-0.39, 0.29) is 5.54 Å². The second-order valence-corrected chi connectivity index (χ2v) is 6.75. The molecule has 1 saturated carbocycles. The first-order valence-electron chi connectivity index (χ1n) is 7.92. The van der Waals surface area contributed by atoms with E-state index in [9.17, 15) is 0 Å². The van der Waals surface area contributed by atoms with Gasteiger partial charge in [0.1, 0.15) is 0 Å². The minimum Gasteiger partial charge on any atom is -0.374 e. The summed E-state index contributed by atoms with van der Waals surface area (Å²) in [6.07, 6.45) is 3.01. The Bertz CT molecular complexity index is 628. The third kappa shape index (κ3) is 2.86. The highest BCUT2D eigenvalue weighted by molar-refractivity contribution is 5.59. The lowest BCUT2D eigenvalue weighted by Gasteiger charge is -2.34. The lowest BCUT2D eigenvalue weighted by molar-refractivity contribution is 0.229. The van der Waals surface area contributed by atoms with Gasteiger partial charge in [0.05, 0.1) is 5.54 Å². The van der Waals surface area contributed by atoms with Crippen molar-refractivity contribution >= 4 is 5.69 Å². The van der Waals surface area contributed by atoms with Gasteiger partial charge in [-0.1, -0.05) is 19.0 Å². The number of nitrogens with zero attached hydrogens (tertiary/aromatic N) is 3. The Balaban J connectivity index is 1.75. The van der Waals surface area contributed by atoms with Crippen LogP contribution in [0.4, 0.5) is 5.69 Å². The summed E-state index contributed by atoms with van der Waals surface area (Å²) >= 11 is 0. The number of hydrogen-bond acceptors (Lipinski definition) is 5. The summed E-state index contributed by atoms with van der Waals surface area (Å²) in [6, 6.07) is 8.22. The van der Waals surface area contributed by atoms with Crippen molar-refractivity contribution in [3.8, 4) is 11.5 Å². The molecule has 3 rings (SSSR count). The lowest BCUT2D eigenvalue weighted by Crippen LogP contribution is -2.44. The van der Waals surface area contributed by atoms with Crippen molar-refractivity contribution in [3.05, 3.63) is 30.1 Å². The van der Waals surface area contributed by atoms with Crippen molar-refractivity contribution in [2.24, 2.45) is 11.7 Å². The molecule has 0 atom stereocenters. The van der Waals surface area contributed by atoms with Gasteiger partial charge in [-0.15, -0.1) is 0 Å². The summed E-state index contributed by atoms with van der Waals surface area (Å²) < 4.78 is 5.38. The number of nitrogens with two attached hydrogens (primary N) is 1. The van der Waals surface area contributed by atoms with Gasteiger partial charge in [-0.25, -0.2) is 0 Å². The van der Waals surface area contributed by atoms with E-state index in [1.54, 1.807) is 0 Å². The summed E-state index contributed by atoms with van der Waals surface area (Å²) in [5.74, 6) is 1.81. The van der Waals surface area contributed by atoms with Gasteiger partial charge >= 0.3 is 0 Å². The molecule has 2 N–H and O–H groups in total. The lowest BCUT2D eigenvalue weighted by atomic mass is 9.77. The van der Waals surface area contributed by atoms with Gasteiger partial charge in [-0.05, 0) is 49.4 Å². The second-order valence-electron chi connectivity index (χ2n) is 6.75. The predicted octanol–water partition coefficient (Wildman–Crippen LogP) is 3.17. The fourth-order valence-corrected chi connectivity index (χ4v) is 2.84. The normalized spacial score (nSPS) is 16.6. The fourth-order valence-electron chi connectivity index (χ4n) is 2.84. The van der Waals surface area contributed by atoms with Crippen LogP contribution < -0.4 is 10.6 Å². The van der Waals surface area contributed by atoms with Crippen molar-refractivity contribution < 1.29 is 4.52 Å². The number of hydrogen-bond donors (Lipinski definition) is 1. The first-order chi connectivity index (χ1) is 10.5. The van der Waals surface area contributed by atoms with Crippen molar-refractivity contribution in [1.82, 2.24) is 10.1 Å². The van der Waals surface area contributed by atoms with Crippen LogP contribution in [0.25, 0.3) is 11.5 Å². The minimum absolute atomic E-state index is 0.376. The Labute approximate surface area is 131 Å². The van der Waals surface area contributed by atoms with Crippen LogP contribution in [0.15, 0.2) is 28.8 Å². The highest BCUT2D eigenvalue weighted by atomic mass is 16.5. The van der Waals surface area contributed by atoms with E-state index in [0.29, 0.717) is 17.6 Å². The molecule has 1 fully saturated rings. The first-order valence-corrected chi connectivity index (χ1v) is 7.92. The molecule has 0 bridgehead atoms. The zero-order chi connectivity index (χ0) is 15.7. The molecule has 0 amide bonds. The van der Waals surface area contributed by atoms with E-state index in [1.807, 2.05) is 12.1 Å². The fraction of sp³-hybridized carbons (Fsp3) is 0.529. The molecule has 0 saturated heterocycles. The maximum Gasteiger partial charge on any atom is 0.257 e. The second kappa shape index (κ2) is 5.72. The van der Waals surface area contributed by atoms with Crippen LogP contribution in [-0.2, 0) is 5.54 Å². The maximum atomic E-state index is 6.23. The van der Waals surface area contributed by atoms with Gasteiger partial charge < -0.3 is 15.2 Å². The SMILES string of the molecule is CC(C)CN(C)c1ccc(-c2nc(C3(N)CCC3)no2)cc1. The Hall–Kier alpha value is -1.88. The molecule has 0 spiro atoms. The van der Waals surface area contributed by atoms with Crippen molar-refractivity contribution in [2.75, 3.05) is 18.5 Å².